The standard InChI is InChI=1S/C16H19N3O2/c1-5-19(13-8-6-7-10(2)9-13)15-14(16(20)21)11(3)12(4)17-18-15/h6-9H,5H2,1-4H3,(H,20,21). The van der Waals surface area contributed by atoms with E-state index in [2.05, 4.69) is 10.2 Å². The fourth-order valence-corrected chi connectivity index (χ4v) is 2.29. The predicted octanol–water partition coefficient (Wildman–Crippen LogP) is 3.26. The lowest BCUT2D eigenvalue weighted by atomic mass is 10.1. The van der Waals surface area contributed by atoms with Crippen LogP contribution in [0.2, 0.25) is 0 Å². The van der Waals surface area contributed by atoms with Gasteiger partial charge in [-0.05, 0) is 51.0 Å². The largest absolute Gasteiger partial charge is 0.478 e. The summed E-state index contributed by atoms with van der Waals surface area (Å²) in [6.07, 6.45) is 0. The lowest BCUT2D eigenvalue weighted by Gasteiger charge is -2.24. The molecule has 0 atom stereocenters. The van der Waals surface area contributed by atoms with Gasteiger partial charge in [0.1, 0.15) is 5.56 Å². The van der Waals surface area contributed by atoms with Crippen LogP contribution in [0, 0.1) is 20.8 Å². The molecule has 0 aliphatic rings. The van der Waals surface area contributed by atoms with Crippen LogP contribution in [-0.2, 0) is 0 Å². The molecule has 5 nitrogen and oxygen atoms in total. The summed E-state index contributed by atoms with van der Waals surface area (Å²) in [5.74, 6) is -0.592. The zero-order valence-electron chi connectivity index (χ0n) is 12.7. The number of rotatable bonds is 4. The number of carboxylic acid groups (broad SMARTS) is 1. The zero-order chi connectivity index (χ0) is 15.6. The van der Waals surface area contributed by atoms with Crippen molar-refractivity contribution in [1.29, 1.82) is 0 Å². The third-order valence-corrected chi connectivity index (χ3v) is 3.54. The number of carbonyl (C=O) groups is 1. The molecule has 2 rings (SSSR count). The van der Waals surface area contributed by atoms with Gasteiger partial charge in [-0.1, -0.05) is 12.1 Å². The van der Waals surface area contributed by atoms with Crippen molar-refractivity contribution in [2.45, 2.75) is 27.7 Å². The molecule has 0 saturated carbocycles. The summed E-state index contributed by atoms with van der Waals surface area (Å²) < 4.78 is 0. The summed E-state index contributed by atoms with van der Waals surface area (Å²) in [6.45, 7) is 8.11. The first-order valence-electron chi connectivity index (χ1n) is 6.87. The maximum absolute atomic E-state index is 11.6. The Morgan fingerprint density at radius 3 is 2.52 bits per heavy atom. The van der Waals surface area contributed by atoms with Gasteiger partial charge >= 0.3 is 5.97 Å². The Kier molecular flexibility index (Phi) is 4.21. The van der Waals surface area contributed by atoms with Crippen LogP contribution in [0.25, 0.3) is 0 Å². The molecule has 2 aromatic rings. The van der Waals surface area contributed by atoms with Crippen molar-refractivity contribution in [2.24, 2.45) is 0 Å². The van der Waals surface area contributed by atoms with Gasteiger partial charge in [0, 0.05) is 12.2 Å². The summed E-state index contributed by atoms with van der Waals surface area (Å²) in [5, 5.41) is 17.7. The van der Waals surface area contributed by atoms with Gasteiger partial charge in [-0.2, -0.15) is 5.10 Å². The molecular weight excluding hydrogens is 266 g/mol. The number of carboxylic acids is 1. The van der Waals surface area contributed by atoms with Crippen molar-refractivity contribution in [3.8, 4) is 0 Å². The number of anilines is 2. The van der Waals surface area contributed by atoms with Gasteiger partial charge in [-0.3, -0.25) is 0 Å². The van der Waals surface area contributed by atoms with E-state index in [1.54, 1.807) is 13.8 Å². The van der Waals surface area contributed by atoms with Crippen molar-refractivity contribution in [2.75, 3.05) is 11.4 Å². The van der Waals surface area contributed by atoms with E-state index in [4.69, 9.17) is 0 Å². The van der Waals surface area contributed by atoms with E-state index in [-0.39, 0.29) is 5.56 Å². The van der Waals surface area contributed by atoms with Crippen LogP contribution >= 0.6 is 0 Å². The van der Waals surface area contributed by atoms with E-state index in [0.29, 0.717) is 23.6 Å². The van der Waals surface area contributed by atoms with E-state index >= 15 is 0 Å². The summed E-state index contributed by atoms with van der Waals surface area (Å²) in [4.78, 5) is 13.5. The topological polar surface area (TPSA) is 66.3 Å². The van der Waals surface area contributed by atoms with Crippen molar-refractivity contribution >= 4 is 17.5 Å². The van der Waals surface area contributed by atoms with E-state index in [0.717, 1.165) is 11.3 Å². The minimum absolute atomic E-state index is 0.214. The average molecular weight is 285 g/mol. The Morgan fingerprint density at radius 1 is 1.24 bits per heavy atom. The molecule has 1 aromatic carbocycles. The van der Waals surface area contributed by atoms with Gasteiger partial charge in [-0.25, -0.2) is 4.79 Å². The molecule has 0 fully saturated rings. The first kappa shape index (κ1) is 15.0. The summed E-state index contributed by atoms with van der Waals surface area (Å²) in [7, 11) is 0. The molecule has 0 saturated heterocycles. The fourth-order valence-electron chi connectivity index (χ4n) is 2.29. The smallest absolute Gasteiger partial charge is 0.339 e. The van der Waals surface area contributed by atoms with Crippen LogP contribution in [0.5, 0.6) is 0 Å². The Morgan fingerprint density at radius 2 is 1.95 bits per heavy atom. The minimum atomic E-state index is -0.980. The van der Waals surface area contributed by atoms with Crippen LogP contribution in [-0.4, -0.2) is 27.8 Å². The number of aryl methyl sites for hydroxylation is 2. The van der Waals surface area contributed by atoms with Crippen molar-refractivity contribution < 1.29 is 9.90 Å². The highest BCUT2D eigenvalue weighted by molar-refractivity contribution is 5.96. The van der Waals surface area contributed by atoms with Gasteiger partial charge in [0.15, 0.2) is 5.82 Å². The van der Waals surface area contributed by atoms with Crippen molar-refractivity contribution in [3.05, 3.63) is 46.6 Å². The van der Waals surface area contributed by atoms with E-state index in [1.807, 2.05) is 43.0 Å². The average Bonchev–Trinajstić information content (AvgIpc) is 2.43. The summed E-state index contributed by atoms with van der Waals surface area (Å²) in [5.41, 5.74) is 3.53. The second-order valence-corrected chi connectivity index (χ2v) is 5.00. The Balaban J connectivity index is 2.63. The molecule has 0 amide bonds. The van der Waals surface area contributed by atoms with Crippen LogP contribution in [0.4, 0.5) is 11.5 Å². The second-order valence-electron chi connectivity index (χ2n) is 5.00. The Bertz CT molecular complexity index is 683. The molecule has 0 bridgehead atoms. The molecule has 0 aliphatic carbocycles. The van der Waals surface area contributed by atoms with Gasteiger partial charge in [-0.15, -0.1) is 5.10 Å². The van der Waals surface area contributed by atoms with Crippen molar-refractivity contribution in [1.82, 2.24) is 10.2 Å². The van der Waals surface area contributed by atoms with Crippen LogP contribution in [0.3, 0.4) is 0 Å². The lowest BCUT2D eigenvalue weighted by Crippen LogP contribution is -2.22. The molecule has 0 spiro atoms. The molecule has 0 unspecified atom stereocenters. The molecule has 0 aliphatic heterocycles. The van der Waals surface area contributed by atoms with Gasteiger partial charge in [0.2, 0.25) is 0 Å². The van der Waals surface area contributed by atoms with Crippen molar-refractivity contribution in [3.63, 3.8) is 0 Å². The summed E-state index contributed by atoms with van der Waals surface area (Å²) in [6, 6.07) is 7.90. The van der Waals surface area contributed by atoms with E-state index < -0.39 is 5.97 Å². The van der Waals surface area contributed by atoms with Gasteiger partial charge in [0.05, 0.1) is 5.69 Å². The number of aromatic carboxylic acids is 1. The third kappa shape index (κ3) is 2.86. The van der Waals surface area contributed by atoms with Gasteiger partial charge < -0.3 is 10.0 Å². The molecule has 0 radical (unpaired) electrons. The molecule has 1 aromatic heterocycles. The highest BCUT2D eigenvalue weighted by Gasteiger charge is 2.22. The predicted molar refractivity (Wildman–Crippen MR) is 82.3 cm³/mol. The molecular formula is C16H19N3O2. The normalized spacial score (nSPS) is 10.5. The maximum atomic E-state index is 11.6. The molecule has 1 heterocycles. The Hall–Kier alpha value is -2.43. The summed E-state index contributed by atoms with van der Waals surface area (Å²) >= 11 is 0. The lowest BCUT2D eigenvalue weighted by molar-refractivity contribution is 0.0696. The van der Waals surface area contributed by atoms with Crippen LogP contribution < -0.4 is 4.90 Å². The monoisotopic (exact) mass is 285 g/mol. The number of hydrogen-bond donors (Lipinski definition) is 1. The number of nitrogens with zero attached hydrogens (tertiary/aromatic N) is 3. The number of benzene rings is 1. The van der Waals surface area contributed by atoms with Crippen LogP contribution in [0.15, 0.2) is 24.3 Å². The quantitative estimate of drug-likeness (QED) is 0.934. The highest BCUT2D eigenvalue weighted by atomic mass is 16.4. The fraction of sp³-hybridized carbons (Fsp3) is 0.312. The van der Waals surface area contributed by atoms with E-state index in [1.165, 1.54) is 0 Å². The number of aromatic nitrogens is 2. The number of hydrogen-bond acceptors (Lipinski definition) is 4. The minimum Gasteiger partial charge on any atom is -0.478 e. The second kappa shape index (κ2) is 5.91. The van der Waals surface area contributed by atoms with Crippen LogP contribution in [0.1, 0.15) is 34.1 Å². The maximum Gasteiger partial charge on any atom is 0.339 e. The van der Waals surface area contributed by atoms with E-state index in [9.17, 15) is 9.90 Å². The molecule has 5 heteroatoms. The first-order valence-corrected chi connectivity index (χ1v) is 6.87. The van der Waals surface area contributed by atoms with Gasteiger partial charge in [0.25, 0.3) is 0 Å². The SMILES string of the molecule is CCN(c1cccc(C)c1)c1nnc(C)c(C)c1C(=O)O. The zero-order valence-corrected chi connectivity index (χ0v) is 12.7. The molecule has 1 N–H and O–H groups in total. The third-order valence-electron chi connectivity index (χ3n) is 3.54. The molecule has 21 heavy (non-hydrogen) atoms. The first-order chi connectivity index (χ1) is 9.95. The molecule has 110 valence electrons. The Labute approximate surface area is 124 Å². The highest BCUT2D eigenvalue weighted by Crippen LogP contribution is 2.29.